The number of rotatable bonds is 4. The maximum Gasteiger partial charge on any atom is 0.293 e. The van der Waals surface area contributed by atoms with Gasteiger partial charge < -0.3 is 5.32 Å². The fourth-order valence-electron chi connectivity index (χ4n) is 1.71. The number of hydrogen-bond donors (Lipinski definition) is 1. The van der Waals surface area contributed by atoms with Crippen molar-refractivity contribution in [2.45, 2.75) is 13.5 Å². The number of hydrogen-bond acceptors (Lipinski definition) is 3. The lowest BCUT2D eigenvalue weighted by Gasteiger charge is -2.08. The van der Waals surface area contributed by atoms with Gasteiger partial charge in [0, 0.05) is 16.2 Å². The largest absolute Gasteiger partial charge is 0.375 e. The summed E-state index contributed by atoms with van der Waals surface area (Å²) in [4.78, 5) is 10.6. The van der Waals surface area contributed by atoms with Crippen molar-refractivity contribution >= 4 is 34.0 Å². The predicted octanol–water partition coefficient (Wildman–Crippen LogP) is 4.12. The average Bonchev–Trinajstić information content (AvgIpc) is 2.39. The normalized spacial score (nSPS) is 10.2. The summed E-state index contributed by atoms with van der Waals surface area (Å²) in [6.07, 6.45) is 0. The molecule has 0 bridgehead atoms. The Balaban J connectivity index is 2.15. The Morgan fingerprint density at radius 1 is 1.21 bits per heavy atom. The Bertz CT molecular complexity index is 597. The lowest BCUT2D eigenvalue weighted by atomic mass is 10.1. The second-order valence-electron chi connectivity index (χ2n) is 4.26. The van der Waals surface area contributed by atoms with E-state index in [4.69, 9.17) is 0 Å². The summed E-state index contributed by atoms with van der Waals surface area (Å²) >= 11 is 2.07. The molecular formula is C14H13IN2O2. The van der Waals surface area contributed by atoms with E-state index >= 15 is 0 Å². The van der Waals surface area contributed by atoms with Crippen LogP contribution in [-0.2, 0) is 6.54 Å². The van der Waals surface area contributed by atoms with E-state index in [0.29, 0.717) is 12.2 Å². The summed E-state index contributed by atoms with van der Waals surface area (Å²) in [6.45, 7) is 2.60. The third kappa shape index (κ3) is 3.66. The van der Waals surface area contributed by atoms with Gasteiger partial charge in [0.2, 0.25) is 0 Å². The van der Waals surface area contributed by atoms with Gasteiger partial charge in [-0.05, 0) is 47.2 Å². The van der Waals surface area contributed by atoms with Crippen LogP contribution in [0.15, 0.2) is 42.5 Å². The van der Waals surface area contributed by atoms with E-state index in [-0.39, 0.29) is 10.6 Å². The summed E-state index contributed by atoms with van der Waals surface area (Å²) in [7, 11) is 0. The van der Waals surface area contributed by atoms with Crippen LogP contribution in [0.3, 0.4) is 0 Å². The van der Waals surface area contributed by atoms with Crippen LogP contribution < -0.4 is 5.32 Å². The fraction of sp³-hybridized carbons (Fsp3) is 0.143. The first-order chi connectivity index (χ1) is 9.06. The number of nitrogens with one attached hydrogen (secondary N) is 1. The molecular weight excluding hydrogens is 355 g/mol. The van der Waals surface area contributed by atoms with Gasteiger partial charge in [0.05, 0.1) is 4.92 Å². The van der Waals surface area contributed by atoms with E-state index in [1.54, 1.807) is 12.1 Å². The maximum atomic E-state index is 11.0. The van der Waals surface area contributed by atoms with E-state index in [0.717, 1.165) is 9.13 Å². The Labute approximate surface area is 125 Å². The summed E-state index contributed by atoms with van der Waals surface area (Å²) in [6, 6.07) is 13.2. The van der Waals surface area contributed by atoms with Crippen molar-refractivity contribution in [3.05, 3.63) is 67.3 Å². The van der Waals surface area contributed by atoms with Gasteiger partial charge >= 0.3 is 0 Å². The van der Waals surface area contributed by atoms with Gasteiger partial charge in [-0.1, -0.05) is 29.8 Å². The Hall–Kier alpha value is -1.63. The first-order valence-corrected chi connectivity index (χ1v) is 6.87. The molecule has 2 rings (SSSR count). The molecule has 0 unspecified atom stereocenters. The number of nitro groups is 1. The quantitative estimate of drug-likeness (QED) is 0.502. The molecule has 0 atom stereocenters. The standard InChI is InChI=1S/C14H13IN2O2/c1-10-2-4-11(5-3-10)9-16-13-7-6-12(15)8-14(13)17(18)19/h2-8,16H,9H2,1H3. The summed E-state index contributed by atoms with van der Waals surface area (Å²) in [5.74, 6) is 0. The first kappa shape index (κ1) is 13.8. The van der Waals surface area contributed by atoms with Gasteiger partial charge in [0.1, 0.15) is 5.69 Å². The number of halogens is 1. The molecule has 2 aromatic carbocycles. The molecule has 0 aliphatic rings. The van der Waals surface area contributed by atoms with Crippen LogP contribution in [0.1, 0.15) is 11.1 Å². The molecule has 0 saturated carbocycles. The minimum Gasteiger partial charge on any atom is -0.375 e. The lowest BCUT2D eigenvalue weighted by Crippen LogP contribution is -2.02. The van der Waals surface area contributed by atoms with Gasteiger partial charge in [-0.3, -0.25) is 10.1 Å². The number of anilines is 1. The topological polar surface area (TPSA) is 55.2 Å². The van der Waals surface area contributed by atoms with Gasteiger partial charge in [0.25, 0.3) is 5.69 Å². The molecule has 1 N–H and O–H groups in total. The molecule has 0 fully saturated rings. The van der Waals surface area contributed by atoms with E-state index in [2.05, 4.69) is 27.9 Å². The molecule has 19 heavy (non-hydrogen) atoms. The molecule has 5 heteroatoms. The zero-order chi connectivity index (χ0) is 13.8. The molecule has 0 radical (unpaired) electrons. The molecule has 2 aromatic rings. The van der Waals surface area contributed by atoms with Gasteiger partial charge in [-0.25, -0.2) is 0 Å². The van der Waals surface area contributed by atoms with Crippen molar-refractivity contribution in [1.29, 1.82) is 0 Å². The van der Waals surface area contributed by atoms with Gasteiger partial charge in [-0.2, -0.15) is 0 Å². The van der Waals surface area contributed by atoms with Crippen molar-refractivity contribution in [1.82, 2.24) is 0 Å². The van der Waals surface area contributed by atoms with Crippen LogP contribution in [0, 0.1) is 20.6 Å². The fourth-order valence-corrected chi connectivity index (χ4v) is 2.18. The molecule has 0 aliphatic heterocycles. The zero-order valence-electron chi connectivity index (χ0n) is 10.4. The SMILES string of the molecule is Cc1ccc(CNc2ccc(I)cc2[N+](=O)[O-])cc1. The number of aryl methyl sites for hydroxylation is 1. The van der Waals surface area contributed by atoms with Crippen LogP contribution in [-0.4, -0.2) is 4.92 Å². The third-order valence-electron chi connectivity index (χ3n) is 2.76. The first-order valence-electron chi connectivity index (χ1n) is 5.79. The Morgan fingerprint density at radius 3 is 2.53 bits per heavy atom. The molecule has 98 valence electrons. The highest BCUT2D eigenvalue weighted by Crippen LogP contribution is 2.26. The van der Waals surface area contributed by atoms with E-state index < -0.39 is 0 Å². The van der Waals surface area contributed by atoms with Gasteiger partial charge in [-0.15, -0.1) is 0 Å². The van der Waals surface area contributed by atoms with Crippen molar-refractivity contribution in [2.24, 2.45) is 0 Å². The summed E-state index contributed by atoms with van der Waals surface area (Å²) in [5, 5.41) is 14.1. The average molecular weight is 368 g/mol. The molecule has 0 amide bonds. The van der Waals surface area contributed by atoms with Crippen molar-refractivity contribution in [3.63, 3.8) is 0 Å². The second kappa shape index (κ2) is 6.01. The zero-order valence-corrected chi connectivity index (χ0v) is 12.5. The smallest absolute Gasteiger partial charge is 0.293 e. The molecule has 0 heterocycles. The van der Waals surface area contributed by atoms with Gasteiger partial charge in [0.15, 0.2) is 0 Å². The molecule has 0 saturated heterocycles. The molecule has 0 aliphatic carbocycles. The van der Waals surface area contributed by atoms with Crippen LogP contribution in [0.25, 0.3) is 0 Å². The number of nitrogens with zero attached hydrogens (tertiary/aromatic N) is 1. The second-order valence-corrected chi connectivity index (χ2v) is 5.50. The highest BCUT2D eigenvalue weighted by molar-refractivity contribution is 14.1. The maximum absolute atomic E-state index is 11.0. The summed E-state index contributed by atoms with van der Waals surface area (Å²) in [5.41, 5.74) is 2.95. The minimum absolute atomic E-state index is 0.110. The number of nitro benzene ring substituents is 1. The monoisotopic (exact) mass is 368 g/mol. The Kier molecular flexibility index (Phi) is 4.36. The van der Waals surface area contributed by atoms with Crippen molar-refractivity contribution in [2.75, 3.05) is 5.32 Å². The molecule has 0 spiro atoms. The van der Waals surface area contributed by atoms with Crippen LogP contribution >= 0.6 is 22.6 Å². The highest BCUT2D eigenvalue weighted by Gasteiger charge is 2.13. The molecule has 0 aromatic heterocycles. The Morgan fingerprint density at radius 2 is 1.89 bits per heavy atom. The summed E-state index contributed by atoms with van der Waals surface area (Å²) < 4.78 is 0.852. The predicted molar refractivity (Wildman–Crippen MR) is 84.3 cm³/mol. The van der Waals surface area contributed by atoms with E-state index in [1.165, 1.54) is 5.56 Å². The molecule has 4 nitrogen and oxygen atoms in total. The third-order valence-corrected chi connectivity index (χ3v) is 3.43. The van der Waals surface area contributed by atoms with Crippen LogP contribution in [0.2, 0.25) is 0 Å². The minimum atomic E-state index is -0.361. The highest BCUT2D eigenvalue weighted by atomic mass is 127. The lowest BCUT2D eigenvalue weighted by molar-refractivity contribution is -0.384. The van der Waals surface area contributed by atoms with E-state index in [1.807, 2.05) is 37.3 Å². The van der Waals surface area contributed by atoms with Crippen molar-refractivity contribution in [3.8, 4) is 0 Å². The number of benzene rings is 2. The van der Waals surface area contributed by atoms with Crippen LogP contribution in [0.5, 0.6) is 0 Å². The van der Waals surface area contributed by atoms with Crippen LogP contribution in [0.4, 0.5) is 11.4 Å². The van der Waals surface area contributed by atoms with Crippen molar-refractivity contribution < 1.29 is 4.92 Å². The van der Waals surface area contributed by atoms with E-state index in [9.17, 15) is 10.1 Å².